The van der Waals surface area contributed by atoms with Crippen LogP contribution >= 0.6 is 0 Å². The summed E-state index contributed by atoms with van der Waals surface area (Å²) in [7, 11) is 1.36. The Labute approximate surface area is 110 Å². The molecule has 1 aromatic heterocycles. The second-order valence-electron chi connectivity index (χ2n) is 4.50. The quantitative estimate of drug-likeness (QED) is 0.724. The molecule has 0 saturated carbocycles. The average Bonchev–Trinajstić information content (AvgIpc) is 2.83. The van der Waals surface area contributed by atoms with Crippen LogP contribution in [0.4, 0.5) is 5.95 Å². The number of likely N-dealkylation sites (tertiary alicyclic amines) is 1. The lowest BCUT2D eigenvalue weighted by atomic mass is 9.98. The number of rotatable bonds is 3. The number of aromatic nitrogens is 3. The zero-order valence-electron chi connectivity index (χ0n) is 10.8. The van der Waals surface area contributed by atoms with E-state index in [0.717, 1.165) is 12.8 Å². The maximum absolute atomic E-state index is 12.1. The Balaban J connectivity index is 1.93. The number of hydrogen-bond donors (Lipinski definition) is 1. The van der Waals surface area contributed by atoms with E-state index in [2.05, 4.69) is 10.1 Å². The molecule has 0 radical (unpaired) electrons. The third-order valence-electron chi connectivity index (χ3n) is 3.16. The van der Waals surface area contributed by atoms with Gasteiger partial charge in [0.15, 0.2) is 0 Å². The third kappa shape index (κ3) is 3.21. The van der Waals surface area contributed by atoms with Gasteiger partial charge >= 0.3 is 5.97 Å². The molecule has 2 heterocycles. The van der Waals surface area contributed by atoms with Crippen LogP contribution in [0.3, 0.4) is 0 Å². The lowest BCUT2D eigenvalue weighted by Crippen LogP contribution is -2.44. The van der Waals surface area contributed by atoms with Crippen molar-refractivity contribution in [2.75, 3.05) is 25.9 Å². The zero-order chi connectivity index (χ0) is 13.8. The molecular weight excluding hydrogens is 250 g/mol. The molecule has 1 aliphatic heterocycles. The van der Waals surface area contributed by atoms with Crippen LogP contribution in [-0.2, 0) is 20.9 Å². The molecule has 19 heavy (non-hydrogen) atoms. The first-order chi connectivity index (χ1) is 9.10. The second-order valence-corrected chi connectivity index (χ2v) is 4.50. The number of esters is 1. The molecule has 1 aliphatic rings. The number of ether oxygens (including phenoxy) is 1. The molecule has 1 fully saturated rings. The smallest absolute Gasteiger partial charge is 0.310 e. The van der Waals surface area contributed by atoms with Crippen molar-refractivity contribution in [3.8, 4) is 0 Å². The predicted molar refractivity (Wildman–Crippen MR) is 65.8 cm³/mol. The molecule has 1 unspecified atom stereocenters. The van der Waals surface area contributed by atoms with Crippen molar-refractivity contribution in [3.63, 3.8) is 0 Å². The van der Waals surface area contributed by atoms with E-state index < -0.39 is 0 Å². The first-order valence-corrected chi connectivity index (χ1v) is 6.10. The molecule has 0 aliphatic carbocycles. The van der Waals surface area contributed by atoms with Crippen LogP contribution in [0.15, 0.2) is 6.33 Å². The number of anilines is 1. The first kappa shape index (κ1) is 13.3. The topological polar surface area (TPSA) is 103 Å². The van der Waals surface area contributed by atoms with Crippen molar-refractivity contribution in [3.05, 3.63) is 6.33 Å². The number of nitrogens with zero attached hydrogens (tertiary/aromatic N) is 4. The van der Waals surface area contributed by atoms with Crippen molar-refractivity contribution in [2.24, 2.45) is 5.92 Å². The Morgan fingerprint density at radius 1 is 1.58 bits per heavy atom. The summed E-state index contributed by atoms with van der Waals surface area (Å²) in [5, 5.41) is 3.86. The first-order valence-electron chi connectivity index (χ1n) is 6.10. The Morgan fingerprint density at radius 3 is 3.00 bits per heavy atom. The van der Waals surface area contributed by atoms with Gasteiger partial charge in [-0.15, -0.1) is 5.10 Å². The van der Waals surface area contributed by atoms with Crippen LogP contribution in [0.1, 0.15) is 12.8 Å². The SMILES string of the molecule is COC(=O)C1CCCN(C(=O)Cn2cnc(N)n2)C1. The van der Waals surface area contributed by atoms with Crippen LogP contribution in [0.25, 0.3) is 0 Å². The molecule has 2 N–H and O–H groups in total. The fraction of sp³-hybridized carbons (Fsp3) is 0.636. The van der Waals surface area contributed by atoms with Crippen molar-refractivity contribution in [2.45, 2.75) is 19.4 Å². The average molecular weight is 267 g/mol. The van der Waals surface area contributed by atoms with Crippen LogP contribution in [0, 0.1) is 5.92 Å². The van der Waals surface area contributed by atoms with Gasteiger partial charge in [-0.25, -0.2) is 9.67 Å². The molecule has 0 bridgehead atoms. The molecule has 0 spiro atoms. The standard InChI is InChI=1S/C11H17N5O3/c1-19-10(18)8-3-2-4-15(5-8)9(17)6-16-7-13-11(12)14-16/h7-8H,2-6H2,1H3,(H2,12,14). The number of carbonyl (C=O) groups is 2. The van der Waals surface area contributed by atoms with Gasteiger partial charge in [-0.3, -0.25) is 9.59 Å². The van der Waals surface area contributed by atoms with E-state index in [-0.39, 0.29) is 30.3 Å². The van der Waals surface area contributed by atoms with Crippen molar-refractivity contribution < 1.29 is 14.3 Å². The summed E-state index contributed by atoms with van der Waals surface area (Å²) < 4.78 is 6.11. The number of amides is 1. The summed E-state index contributed by atoms with van der Waals surface area (Å²) >= 11 is 0. The van der Waals surface area contributed by atoms with Gasteiger partial charge in [-0.2, -0.15) is 0 Å². The second kappa shape index (κ2) is 5.68. The fourth-order valence-electron chi connectivity index (χ4n) is 2.19. The van der Waals surface area contributed by atoms with E-state index in [1.807, 2.05) is 0 Å². The molecular formula is C11H17N5O3. The summed E-state index contributed by atoms with van der Waals surface area (Å²) in [5.41, 5.74) is 5.38. The van der Waals surface area contributed by atoms with Crippen LogP contribution in [0.2, 0.25) is 0 Å². The van der Waals surface area contributed by atoms with Crippen molar-refractivity contribution >= 4 is 17.8 Å². The van der Waals surface area contributed by atoms with Crippen LogP contribution in [0.5, 0.6) is 0 Å². The van der Waals surface area contributed by atoms with Crippen molar-refractivity contribution in [1.82, 2.24) is 19.7 Å². The summed E-state index contributed by atoms with van der Waals surface area (Å²) in [6.45, 7) is 1.13. The normalized spacial score (nSPS) is 19.2. The van der Waals surface area contributed by atoms with E-state index in [0.29, 0.717) is 13.1 Å². The lowest BCUT2D eigenvalue weighted by Gasteiger charge is -2.31. The largest absolute Gasteiger partial charge is 0.469 e. The number of methoxy groups -OCH3 is 1. The lowest BCUT2D eigenvalue weighted by molar-refractivity contribution is -0.149. The zero-order valence-corrected chi connectivity index (χ0v) is 10.8. The highest BCUT2D eigenvalue weighted by Gasteiger charge is 2.29. The molecule has 1 saturated heterocycles. The highest BCUT2D eigenvalue weighted by atomic mass is 16.5. The van der Waals surface area contributed by atoms with E-state index in [1.54, 1.807) is 4.90 Å². The molecule has 2 rings (SSSR count). The Hall–Kier alpha value is -2.12. The molecule has 1 atom stereocenters. The van der Waals surface area contributed by atoms with E-state index in [1.165, 1.54) is 18.1 Å². The Kier molecular flexibility index (Phi) is 3.98. The number of hydrogen-bond acceptors (Lipinski definition) is 6. The highest BCUT2D eigenvalue weighted by Crippen LogP contribution is 2.18. The van der Waals surface area contributed by atoms with Gasteiger partial charge in [0, 0.05) is 13.1 Å². The van der Waals surface area contributed by atoms with Gasteiger partial charge < -0.3 is 15.4 Å². The minimum atomic E-state index is -0.262. The minimum absolute atomic E-state index is 0.0814. The molecule has 1 aromatic rings. The number of piperidine rings is 1. The van der Waals surface area contributed by atoms with Gasteiger partial charge in [-0.05, 0) is 12.8 Å². The summed E-state index contributed by atoms with van der Waals surface area (Å²) in [5.74, 6) is -0.455. The number of nitrogen functional groups attached to an aromatic ring is 1. The Bertz CT molecular complexity index is 473. The van der Waals surface area contributed by atoms with Crippen LogP contribution in [-0.4, -0.2) is 51.7 Å². The van der Waals surface area contributed by atoms with E-state index in [4.69, 9.17) is 10.5 Å². The number of carbonyl (C=O) groups excluding carboxylic acids is 2. The van der Waals surface area contributed by atoms with Gasteiger partial charge in [0.1, 0.15) is 12.9 Å². The maximum Gasteiger partial charge on any atom is 0.310 e. The predicted octanol–water partition coefficient (Wildman–Crippen LogP) is -0.728. The van der Waals surface area contributed by atoms with E-state index in [9.17, 15) is 9.59 Å². The summed E-state index contributed by atoms with van der Waals surface area (Å²) in [4.78, 5) is 29.0. The Morgan fingerprint density at radius 2 is 2.37 bits per heavy atom. The summed E-state index contributed by atoms with van der Waals surface area (Å²) in [6, 6.07) is 0. The highest BCUT2D eigenvalue weighted by molar-refractivity contribution is 5.78. The van der Waals surface area contributed by atoms with E-state index >= 15 is 0 Å². The fourth-order valence-corrected chi connectivity index (χ4v) is 2.19. The van der Waals surface area contributed by atoms with Gasteiger partial charge in [0.2, 0.25) is 11.9 Å². The van der Waals surface area contributed by atoms with Crippen molar-refractivity contribution in [1.29, 1.82) is 0 Å². The molecule has 104 valence electrons. The monoisotopic (exact) mass is 267 g/mol. The van der Waals surface area contributed by atoms with Gasteiger partial charge in [0.25, 0.3) is 0 Å². The van der Waals surface area contributed by atoms with Gasteiger partial charge in [-0.1, -0.05) is 0 Å². The summed E-state index contributed by atoms with van der Waals surface area (Å²) in [6.07, 6.45) is 2.96. The molecule has 1 amide bonds. The van der Waals surface area contributed by atoms with Gasteiger partial charge in [0.05, 0.1) is 13.0 Å². The molecule has 8 heteroatoms. The third-order valence-corrected chi connectivity index (χ3v) is 3.16. The maximum atomic E-state index is 12.1. The van der Waals surface area contributed by atoms with Crippen LogP contribution < -0.4 is 5.73 Å². The minimum Gasteiger partial charge on any atom is -0.469 e. The molecule has 0 aromatic carbocycles. The number of nitrogens with two attached hydrogens (primary N) is 1. The molecule has 8 nitrogen and oxygen atoms in total.